The van der Waals surface area contributed by atoms with Gasteiger partial charge in [-0.1, -0.05) is 23.7 Å². The Morgan fingerprint density at radius 2 is 2.10 bits per heavy atom. The largest absolute Gasteiger partial charge is 0.489 e. The molecule has 3 aromatic rings. The van der Waals surface area contributed by atoms with Crippen LogP contribution >= 0.6 is 11.6 Å². The van der Waals surface area contributed by atoms with Crippen LogP contribution in [0.15, 0.2) is 53.1 Å². The van der Waals surface area contributed by atoms with E-state index in [-0.39, 0.29) is 5.78 Å². The first kappa shape index (κ1) is 13.7. The predicted octanol–water partition coefficient (Wildman–Crippen LogP) is 4.68. The summed E-state index contributed by atoms with van der Waals surface area (Å²) in [5.41, 5.74) is 2.06. The third kappa shape index (κ3) is 2.93. The van der Waals surface area contributed by atoms with Crippen molar-refractivity contribution >= 4 is 28.4 Å². The molecule has 0 amide bonds. The molecule has 1 heterocycles. The number of Topliss-reactive ketones (excluding diaryl/α,β-unsaturated/α-hetero) is 1. The molecule has 1 radical (unpaired) electrons. The first-order valence-corrected chi connectivity index (χ1v) is 6.76. The number of ketones is 1. The first-order valence-electron chi connectivity index (χ1n) is 6.38. The van der Waals surface area contributed by atoms with Gasteiger partial charge in [-0.2, -0.15) is 0 Å². The van der Waals surface area contributed by atoms with Crippen molar-refractivity contribution in [1.29, 1.82) is 0 Å². The highest BCUT2D eigenvalue weighted by atomic mass is 35.5. The highest BCUT2D eigenvalue weighted by molar-refractivity contribution is 6.30. The number of carbonyl (C=O) groups is 1. The van der Waals surface area contributed by atoms with Gasteiger partial charge in [-0.05, 0) is 29.8 Å². The molecular weight excluding hydrogens is 288 g/mol. The number of carbonyl (C=O) groups excluding carboxylic acids is 1. The molecule has 0 unspecified atom stereocenters. The van der Waals surface area contributed by atoms with Crippen LogP contribution in [0.5, 0.6) is 5.75 Å². The maximum Gasteiger partial charge on any atom is 0.167 e. The molecule has 0 atom stereocenters. The van der Waals surface area contributed by atoms with E-state index in [2.05, 4.69) is 6.92 Å². The van der Waals surface area contributed by atoms with E-state index < -0.39 is 0 Å². The van der Waals surface area contributed by atoms with Crippen LogP contribution in [0.2, 0.25) is 5.02 Å². The molecule has 2 aromatic carbocycles. The fourth-order valence-corrected chi connectivity index (χ4v) is 2.32. The zero-order valence-electron chi connectivity index (χ0n) is 11.1. The second-order valence-electron chi connectivity index (χ2n) is 4.65. The molecule has 21 heavy (non-hydrogen) atoms. The van der Waals surface area contributed by atoms with Crippen molar-refractivity contribution in [2.24, 2.45) is 0 Å². The van der Waals surface area contributed by atoms with Gasteiger partial charge in [-0.3, -0.25) is 4.79 Å². The summed E-state index contributed by atoms with van der Waals surface area (Å²) in [6.45, 7) is 3.81. The Kier molecular flexibility index (Phi) is 3.67. The molecule has 0 aliphatic carbocycles. The van der Waals surface area contributed by atoms with Gasteiger partial charge in [0.05, 0.1) is 5.56 Å². The van der Waals surface area contributed by atoms with Crippen molar-refractivity contribution in [3.63, 3.8) is 0 Å². The van der Waals surface area contributed by atoms with Crippen molar-refractivity contribution in [1.82, 2.24) is 0 Å². The Hall–Kier alpha value is -2.26. The topological polar surface area (TPSA) is 39.4 Å². The summed E-state index contributed by atoms with van der Waals surface area (Å²) in [7, 11) is 0. The lowest BCUT2D eigenvalue weighted by molar-refractivity contribution is 0.104. The van der Waals surface area contributed by atoms with Crippen molar-refractivity contribution in [2.45, 2.75) is 6.61 Å². The van der Waals surface area contributed by atoms with Crippen molar-refractivity contribution < 1.29 is 13.9 Å². The number of furan rings is 1. The summed E-state index contributed by atoms with van der Waals surface area (Å²) in [6, 6.07) is 12.8. The summed E-state index contributed by atoms with van der Waals surface area (Å²) in [6.07, 6.45) is 1.42. The highest BCUT2D eigenvalue weighted by Crippen LogP contribution is 2.26. The van der Waals surface area contributed by atoms with Crippen LogP contribution in [0.1, 0.15) is 15.9 Å². The summed E-state index contributed by atoms with van der Waals surface area (Å²) >= 11 is 5.93. The molecule has 3 rings (SSSR count). The predicted molar refractivity (Wildman–Crippen MR) is 81.7 cm³/mol. The maximum atomic E-state index is 11.3. The molecule has 0 aliphatic heterocycles. The molecule has 1 aromatic heterocycles. The van der Waals surface area contributed by atoms with E-state index in [0.717, 1.165) is 10.9 Å². The quantitative estimate of drug-likeness (QED) is 0.657. The van der Waals surface area contributed by atoms with Gasteiger partial charge in [0, 0.05) is 23.4 Å². The van der Waals surface area contributed by atoms with Crippen LogP contribution in [0, 0.1) is 6.92 Å². The fourth-order valence-electron chi connectivity index (χ4n) is 2.11. The van der Waals surface area contributed by atoms with E-state index in [1.54, 1.807) is 18.2 Å². The summed E-state index contributed by atoms with van der Waals surface area (Å²) in [4.78, 5) is 11.3. The molecule has 3 nitrogen and oxygen atoms in total. The zero-order chi connectivity index (χ0) is 14.8. The minimum Gasteiger partial charge on any atom is -0.489 e. The SMILES string of the molecule is [CH2]C(=O)c1coc2cc(OCc3cccc(Cl)c3)ccc12. The maximum absolute atomic E-state index is 11.3. The number of benzene rings is 2. The Labute approximate surface area is 127 Å². The van der Waals surface area contributed by atoms with E-state index in [1.165, 1.54) is 6.26 Å². The summed E-state index contributed by atoms with van der Waals surface area (Å²) in [5, 5.41) is 1.42. The van der Waals surface area contributed by atoms with Crippen molar-refractivity contribution in [2.75, 3.05) is 0 Å². The molecule has 0 saturated carbocycles. The van der Waals surface area contributed by atoms with E-state index in [1.807, 2.05) is 24.3 Å². The molecular formula is C17H12ClO3. The van der Waals surface area contributed by atoms with Gasteiger partial charge in [0.15, 0.2) is 5.78 Å². The van der Waals surface area contributed by atoms with Crippen LogP contribution in [0.3, 0.4) is 0 Å². The molecule has 0 spiro atoms. The standard InChI is InChI=1S/C17H12ClO3/c1-11(19)16-10-21-17-8-14(5-6-15(16)17)20-9-12-3-2-4-13(18)7-12/h2-8,10H,1,9H2. The number of rotatable bonds is 4. The lowest BCUT2D eigenvalue weighted by Gasteiger charge is -2.06. The molecule has 0 bridgehead atoms. The second-order valence-corrected chi connectivity index (χ2v) is 5.09. The van der Waals surface area contributed by atoms with E-state index in [9.17, 15) is 4.79 Å². The number of hydrogen-bond donors (Lipinski definition) is 0. The van der Waals surface area contributed by atoms with Gasteiger partial charge in [-0.15, -0.1) is 0 Å². The fraction of sp³-hybridized carbons (Fsp3) is 0.0588. The second kappa shape index (κ2) is 5.62. The highest BCUT2D eigenvalue weighted by Gasteiger charge is 2.10. The molecule has 105 valence electrons. The number of hydrogen-bond acceptors (Lipinski definition) is 3. The lowest BCUT2D eigenvalue weighted by Crippen LogP contribution is -1.95. The molecule has 0 aliphatic rings. The minimum atomic E-state index is -0.263. The average molecular weight is 300 g/mol. The summed E-state index contributed by atoms with van der Waals surface area (Å²) in [5.74, 6) is 0.404. The third-order valence-corrected chi connectivity index (χ3v) is 3.38. The van der Waals surface area contributed by atoms with Crippen LogP contribution in [-0.4, -0.2) is 5.78 Å². The normalized spacial score (nSPS) is 10.8. The van der Waals surface area contributed by atoms with Crippen molar-refractivity contribution in [3.8, 4) is 5.75 Å². The molecule has 0 saturated heterocycles. The number of ether oxygens (including phenoxy) is 1. The Morgan fingerprint density at radius 3 is 2.86 bits per heavy atom. The van der Waals surface area contributed by atoms with Gasteiger partial charge < -0.3 is 9.15 Å². The zero-order valence-corrected chi connectivity index (χ0v) is 11.9. The van der Waals surface area contributed by atoms with Gasteiger partial charge in [0.2, 0.25) is 0 Å². The number of fused-ring (bicyclic) bond motifs is 1. The van der Waals surface area contributed by atoms with Crippen LogP contribution in [0.4, 0.5) is 0 Å². The van der Waals surface area contributed by atoms with Gasteiger partial charge in [-0.25, -0.2) is 0 Å². The monoisotopic (exact) mass is 299 g/mol. The van der Waals surface area contributed by atoms with Gasteiger partial charge in [0.25, 0.3) is 0 Å². The molecule has 0 N–H and O–H groups in total. The van der Waals surface area contributed by atoms with Crippen LogP contribution in [-0.2, 0) is 6.61 Å². The Bertz CT molecular complexity index is 805. The molecule has 0 fully saturated rings. The average Bonchev–Trinajstić information content (AvgIpc) is 2.88. The summed E-state index contributed by atoms with van der Waals surface area (Å²) < 4.78 is 11.1. The third-order valence-electron chi connectivity index (χ3n) is 3.14. The van der Waals surface area contributed by atoms with Crippen molar-refractivity contribution in [3.05, 3.63) is 71.8 Å². The van der Waals surface area contributed by atoms with Gasteiger partial charge >= 0.3 is 0 Å². The smallest absolute Gasteiger partial charge is 0.167 e. The molecule has 4 heteroatoms. The van der Waals surface area contributed by atoms with Crippen LogP contribution in [0.25, 0.3) is 11.0 Å². The Morgan fingerprint density at radius 1 is 1.24 bits per heavy atom. The number of halogens is 1. The van der Waals surface area contributed by atoms with E-state index in [0.29, 0.717) is 28.5 Å². The Balaban J connectivity index is 1.80. The van der Waals surface area contributed by atoms with E-state index >= 15 is 0 Å². The van der Waals surface area contributed by atoms with E-state index in [4.69, 9.17) is 20.8 Å². The van der Waals surface area contributed by atoms with Crippen LogP contribution < -0.4 is 4.74 Å². The van der Waals surface area contributed by atoms with Gasteiger partial charge in [0.1, 0.15) is 24.2 Å². The first-order chi connectivity index (χ1) is 10.1. The minimum absolute atomic E-state index is 0.263. The lowest BCUT2D eigenvalue weighted by atomic mass is 10.1.